The van der Waals surface area contributed by atoms with Crippen LogP contribution in [0.15, 0.2) is 36.4 Å². The SMILES string of the molecule is CCCC(c1cc(CC(C)C)ccc1-c1cc(OC)ccc1F)C(C)C. The second-order valence-electron chi connectivity index (χ2n) is 8.00. The van der Waals surface area contributed by atoms with Crippen LogP contribution in [-0.4, -0.2) is 7.11 Å². The van der Waals surface area contributed by atoms with Crippen LogP contribution in [0, 0.1) is 17.7 Å². The lowest BCUT2D eigenvalue weighted by molar-refractivity contribution is 0.414. The molecule has 2 aromatic carbocycles. The summed E-state index contributed by atoms with van der Waals surface area (Å²) in [6, 6.07) is 11.6. The van der Waals surface area contributed by atoms with Gasteiger partial charge in [0.1, 0.15) is 11.6 Å². The first kappa shape index (κ1) is 20.5. The van der Waals surface area contributed by atoms with Crippen LogP contribution in [0.1, 0.15) is 64.5 Å². The van der Waals surface area contributed by atoms with Gasteiger partial charge in [0.15, 0.2) is 0 Å². The van der Waals surface area contributed by atoms with Crippen LogP contribution in [-0.2, 0) is 6.42 Å². The van der Waals surface area contributed by atoms with Crippen LogP contribution in [0.3, 0.4) is 0 Å². The van der Waals surface area contributed by atoms with E-state index in [9.17, 15) is 4.39 Å². The maximum atomic E-state index is 14.7. The first-order valence-corrected chi connectivity index (χ1v) is 9.84. The first-order chi connectivity index (χ1) is 12.4. The fourth-order valence-corrected chi connectivity index (χ4v) is 3.76. The number of hydrogen-bond donors (Lipinski definition) is 0. The molecule has 1 nitrogen and oxygen atoms in total. The molecule has 0 aromatic heterocycles. The molecule has 0 fully saturated rings. The summed E-state index contributed by atoms with van der Waals surface area (Å²) in [7, 11) is 1.62. The maximum Gasteiger partial charge on any atom is 0.131 e. The lowest BCUT2D eigenvalue weighted by Gasteiger charge is -2.25. The van der Waals surface area contributed by atoms with Crippen LogP contribution < -0.4 is 4.74 Å². The Morgan fingerprint density at radius 3 is 2.27 bits per heavy atom. The molecule has 0 saturated carbocycles. The van der Waals surface area contributed by atoms with Gasteiger partial charge in [0.2, 0.25) is 0 Å². The van der Waals surface area contributed by atoms with Crippen molar-refractivity contribution in [3.05, 3.63) is 53.3 Å². The van der Waals surface area contributed by atoms with Crippen molar-refractivity contribution in [2.75, 3.05) is 7.11 Å². The Bertz CT molecular complexity index is 718. The van der Waals surface area contributed by atoms with Gasteiger partial charge in [-0.1, -0.05) is 59.2 Å². The summed E-state index contributed by atoms with van der Waals surface area (Å²) in [4.78, 5) is 0. The van der Waals surface area contributed by atoms with Crippen LogP contribution >= 0.6 is 0 Å². The molecule has 26 heavy (non-hydrogen) atoms. The van der Waals surface area contributed by atoms with Crippen LogP contribution in [0.4, 0.5) is 4.39 Å². The number of halogens is 1. The number of benzene rings is 2. The van der Waals surface area contributed by atoms with Gasteiger partial charge in [0.25, 0.3) is 0 Å². The molecule has 0 radical (unpaired) electrons. The van der Waals surface area contributed by atoms with E-state index < -0.39 is 0 Å². The van der Waals surface area contributed by atoms with E-state index in [1.807, 2.05) is 6.07 Å². The smallest absolute Gasteiger partial charge is 0.131 e. The summed E-state index contributed by atoms with van der Waals surface area (Å²) < 4.78 is 20.0. The zero-order valence-corrected chi connectivity index (χ0v) is 17.1. The van der Waals surface area contributed by atoms with E-state index >= 15 is 0 Å². The highest BCUT2D eigenvalue weighted by molar-refractivity contribution is 5.70. The highest BCUT2D eigenvalue weighted by atomic mass is 19.1. The fourth-order valence-electron chi connectivity index (χ4n) is 3.76. The molecule has 0 N–H and O–H groups in total. The van der Waals surface area contributed by atoms with Crippen LogP contribution in [0.25, 0.3) is 11.1 Å². The molecule has 142 valence electrons. The molecule has 0 aliphatic carbocycles. The summed E-state index contributed by atoms with van der Waals surface area (Å²) in [6.45, 7) is 11.2. The van der Waals surface area contributed by atoms with E-state index in [2.05, 4.69) is 52.8 Å². The lowest BCUT2D eigenvalue weighted by atomic mass is 9.80. The topological polar surface area (TPSA) is 9.23 Å². The molecule has 1 atom stereocenters. The van der Waals surface area contributed by atoms with Crippen LogP contribution in [0.2, 0.25) is 0 Å². The van der Waals surface area contributed by atoms with Crippen molar-refractivity contribution in [2.24, 2.45) is 11.8 Å². The van der Waals surface area contributed by atoms with Gasteiger partial charge in [-0.2, -0.15) is 0 Å². The van der Waals surface area contributed by atoms with Crippen molar-refractivity contribution in [1.29, 1.82) is 0 Å². The van der Waals surface area contributed by atoms with Crippen molar-refractivity contribution < 1.29 is 9.13 Å². The van der Waals surface area contributed by atoms with Gasteiger partial charge in [-0.15, -0.1) is 0 Å². The zero-order valence-electron chi connectivity index (χ0n) is 17.1. The van der Waals surface area contributed by atoms with Gasteiger partial charge in [0, 0.05) is 5.56 Å². The van der Waals surface area contributed by atoms with Crippen molar-refractivity contribution in [3.63, 3.8) is 0 Å². The first-order valence-electron chi connectivity index (χ1n) is 9.84. The summed E-state index contributed by atoms with van der Waals surface area (Å²) in [5, 5.41) is 0. The summed E-state index contributed by atoms with van der Waals surface area (Å²) in [5.41, 5.74) is 4.24. The average molecular weight is 357 g/mol. The zero-order chi connectivity index (χ0) is 19.3. The molecule has 0 aliphatic heterocycles. The second kappa shape index (κ2) is 9.21. The molecule has 2 rings (SSSR count). The van der Waals surface area contributed by atoms with E-state index in [4.69, 9.17) is 4.74 Å². The van der Waals surface area contributed by atoms with Crippen LogP contribution in [0.5, 0.6) is 5.75 Å². The monoisotopic (exact) mass is 356 g/mol. The Balaban J connectivity index is 2.64. The van der Waals surface area contributed by atoms with Gasteiger partial charge in [-0.25, -0.2) is 4.39 Å². The van der Waals surface area contributed by atoms with Crippen molar-refractivity contribution in [1.82, 2.24) is 0 Å². The molecular formula is C24H33FO. The van der Waals surface area contributed by atoms with Crippen molar-refractivity contribution in [2.45, 2.75) is 59.8 Å². The standard InChI is InChI=1S/C24H33FO/c1-7-8-20(17(4)5)22-14-18(13-16(2)3)9-11-21(22)23-15-19(26-6)10-12-24(23)25/h9-12,14-17,20H,7-8,13H2,1-6H3. The molecule has 2 aromatic rings. The minimum absolute atomic E-state index is 0.192. The molecule has 0 bridgehead atoms. The van der Waals surface area contributed by atoms with Gasteiger partial charge in [-0.05, 0) is 65.5 Å². The lowest BCUT2D eigenvalue weighted by Crippen LogP contribution is -2.10. The third-order valence-electron chi connectivity index (χ3n) is 5.03. The molecule has 0 saturated heterocycles. The largest absolute Gasteiger partial charge is 0.497 e. The van der Waals surface area contributed by atoms with Crippen molar-refractivity contribution in [3.8, 4) is 16.9 Å². The fraction of sp³-hybridized carbons (Fsp3) is 0.500. The highest BCUT2D eigenvalue weighted by Gasteiger charge is 2.21. The molecule has 2 heteroatoms. The van der Waals surface area contributed by atoms with E-state index in [0.29, 0.717) is 29.1 Å². The third kappa shape index (κ3) is 4.87. The molecule has 0 spiro atoms. The quantitative estimate of drug-likeness (QED) is 0.484. The Hall–Kier alpha value is -1.83. The van der Waals surface area contributed by atoms with Gasteiger partial charge in [0.05, 0.1) is 7.11 Å². The van der Waals surface area contributed by atoms with Gasteiger partial charge >= 0.3 is 0 Å². The molecule has 0 amide bonds. The van der Waals surface area contributed by atoms with E-state index in [0.717, 1.165) is 24.8 Å². The Labute approximate surface area is 158 Å². The minimum Gasteiger partial charge on any atom is -0.497 e. The van der Waals surface area contributed by atoms with E-state index in [-0.39, 0.29) is 5.82 Å². The molecule has 0 heterocycles. The maximum absolute atomic E-state index is 14.7. The third-order valence-corrected chi connectivity index (χ3v) is 5.03. The van der Waals surface area contributed by atoms with Crippen molar-refractivity contribution >= 4 is 0 Å². The number of rotatable bonds is 8. The summed E-state index contributed by atoms with van der Waals surface area (Å²) in [5.74, 6) is 2.04. The second-order valence-corrected chi connectivity index (χ2v) is 8.00. The predicted octanol–water partition coefficient (Wildman–Crippen LogP) is 7.24. The van der Waals surface area contributed by atoms with E-state index in [1.54, 1.807) is 13.2 Å². The number of hydrogen-bond acceptors (Lipinski definition) is 1. The predicted molar refractivity (Wildman–Crippen MR) is 109 cm³/mol. The molecule has 1 unspecified atom stereocenters. The molecular weight excluding hydrogens is 323 g/mol. The Morgan fingerprint density at radius 2 is 1.69 bits per heavy atom. The van der Waals surface area contributed by atoms with Gasteiger partial charge in [-0.3, -0.25) is 0 Å². The van der Waals surface area contributed by atoms with E-state index in [1.165, 1.54) is 17.2 Å². The molecule has 0 aliphatic rings. The minimum atomic E-state index is -0.192. The number of ether oxygens (including phenoxy) is 1. The van der Waals surface area contributed by atoms with Gasteiger partial charge < -0.3 is 4.74 Å². The number of methoxy groups -OCH3 is 1. The average Bonchev–Trinajstić information content (AvgIpc) is 2.59. The Kier molecular flexibility index (Phi) is 7.25. The summed E-state index contributed by atoms with van der Waals surface area (Å²) in [6.07, 6.45) is 3.28. The highest BCUT2D eigenvalue weighted by Crippen LogP contribution is 2.39. The summed E-state index contributed by atoms with van der Waals surface area (Å²) >= 11 is 0. The Morgan fingerprint density at radius 1 is 0.962 bits per heavy atom. The normalized spacial score (nSPS) is 12.7.